The molecule has 0 heterocycles. The number of carboxylic acid groups (broad SMARTS) is 1. The molecule has 0 aromatic heterocycles. The molecule has 5 heteroatoms. The Morgan fingerprint density at radius 3 is 2.37 bits per heavy atom. The van der Waals surface area contributed by atoms with E-state index in [0.717, 1.165) is 5.56 Å². The third kappa shape index (κ3) is 6.54. The van der Waals surface area contributed by atoms with Gasteiger partial charge in [-0.1, -0.05) is 30.3 Å². The van der Waals surface area contributed by atoms with Gasteiger partial charge in [0.15, 0.2) is 0 Å². The van der Waals surface area contributed by atoms with E-state index in [1.165, 1.54) is 7.11 Å². The van der Waals surface area contributed by atoms with Crippen molar-refractivity contribution >= 4 is 5.97 Å². The van der Waals surface area contributed by atoms with Gasteiger partial charge in [0.2, 0.25) is 0 Å². The standard InChI is InChI=1S/C14H20O4.Na/c1-10(15)13(18-2)9-12(14(16)17)8-11-6-4-3-5-7-11;/h3-7,10,12-13,15H,8-9H2,1-2H3,(H,16,17);/q;+1/p-1. The van der Waals surface area contributed by atoms with Crippen LogP contribution in [0.2, 0.25) is 0 Å². The number of benzene rings is 1. The van der Waals surface area contributed by atoms with Crippen LogP contribution in [0.25, 0.3) is 0 Å². The van der Waals surface area contributed by atoms with E-state index in [9.17, 15) is 15.0 Å². The number of aliphatic hydroxyl groups excluding tert-OH is 1. The first-order valence-corrected chi connectivity index (χ1v) is 6.00. The Kier molecular flexibility index (Phi) is 9.31. The van der Waals surface area contributed by atoms with Crippen LogP contribution in [0.4, 0.5) is 0 Å². The zero-order chi connectivity index (χ0) is 13.5. The van der Waals surface area contributed by atoms with Crippen molar-refractivity contribution in [3.05, 3.63) is 35.9 Å². The van der Waals surface area contributed by atoms with Gasteiger partial charge in [0.05, 0.1) is 12.2 Å². The molecule has 3 atom stereocenters. The van der Waals surface area contributed by atoms with E-state index in [1.54, 1.807) is 6.92 Å². The predicted molar refractivity (Wildman–Crippen MR) is 65.7 cm³/mol. The number of carbonyl (C=O) groups excluding carboxylic acids is 1. The number of rotatable bonds is 7. The van der Waals surface area contributed by atoms with Crippen molar-refractivity contribution < 1.29 is 49.3 Å². The Balaban J connectivity index is 0.00000324. The zero-order valence-electron chi connectivity index (χ0n) is 11.7. The SMILES string of the molecule is COC(CC(Cc1ccccc1)C(=O)[O-])C(C)O.[Na+]. The minimum absolute atomic E-state index is 0. The van der Waals surface area contributed by atoms with Crippen LogP contribution in [0.15, 0.2) is 30.3 Å². The Bertz CT molecular complexity index is 367. The zero-order valence-corrected chi connectivity index (χ0v) is 13.7. The smallest absolute Gasteiger partial charge is 0.550 e. The van der Waals surface area contributed by atoms with E-state index in [1.807, 2.05) is 30.3 Å². The van der Waals surface area contributed by atoms with Crippen LogP contribution in [0.3, 0.4) is 0 Å². The number of aliphatic hydroxyl groups is 1. The molecule has 4 nitrogen and oxygen atoms in total. The van der Waals surface area contributed by atoms with Gasteiger partial charge in [0.1, 0.15) is 0 Å². The monoisotopic (exact) mass is 274 g/mol. The first-order valence-electron chi connectivity index (χ1n) is 6.00. The molecule has 0 fully saturated rings. The number of hydrogen-bond donors (Lipinski definition) is 1. The van der Waals surface area contributed by atoms with Crippen LogP contribution in [-0.2, 0) is 16.0 Å². The Labute approximate surface area is 136 Å². The maximum absolute atomic E-state index is 11.1. The Hall–Kier alpha value is -0.390. The summed E-state index contributed by atoms with van der Waals surface area (Å²) in [6.07, 6.45) is -0.564. The fraction of sp³-hybridized carbons (Fsp3) is 0.500. The first kappa shape index (κ1) is 18.6. The summed E-state index contributed by atoms with van der Waals surface area (Å²) in [7, 11) is 1.46. The van der Waals surface area contributed by atoms with Crippen LogP contribution < -0.4 is 34.7 Å². The van der Waals surface area contributed by atoms with Gasteiger partial charge >= 0.3 is 29.6 Å². The van der Waals surface area contributed by atoms with Crippen molar-refractivity contribution in [1.29, 1.82) is 0 Å². The maximum atomic E-state index is 11.1. The number of hydrogen-bond acceptors (Lipinski definition) is 4. The summed E-state index contributed by atoms with van der Waals surface area (Å²) in [5.41, 5.74) is 0.937. The van der Waals surface area contributed by atoms with Gasteiger partial charge < -0.3 is 19.7 Å². The fourth-order valence-corrected chi connectivity index (χ4v) is 1.93. The minimum Gasteiger partial charge on any atom is -0.550 e. The Morgan fingerprint density at radius 1 is 1.37 bits per heavy atom. The van der Waals surface area contributed by atoms with Crippen LogP contribution in [0, 0.1) is 5.92 Å². The van der Waals surface area contributed by atoms with E-state index >= 15 is 0 Å². The van der Waals surface area contributed by atoms with Crippen molar-refractivity contribution in [1.82, 2.24) is 0 Å². The van der Waals surface area contributed by atoms with Crippen LogP contribution in [-0.4, -0.2) is 30.4 Å². The molecule has 0 aliphatic carbocycles. The molecular weight excluding hydrogens is 255 g/mol. The van der Waals surface area contributed by atoms with Crippen molar-refractivity contribution in [2.45, 2.75) is 32.0 Å². The summed E-state index contributed by atoms with van der Waals surface area (Å²) in [6.45, 7) is 1.59. The number of methoxy groups -OCH3 is 1. The van der Waals surface area contributed by atoms with Crippen LogP contribution >= 0.6 is 0 Å². The molecule has 0 bridgehead atoms. The van der Waals surface area contributed by atoms with E-state index in [-0.39, 0.29) is 36.0 Å². The second-order valence-corrected chi connectivity index (χ2v) is 4.46. The second-order valence-electron chi connectivity index (χ2n) is 4.46. The van der Waals surface area contributed by atoms with E-state index in [2.05, 4.69) is 0 Å². The van der Waals surface area contributed by atoms with Gasteiger partial charge in [-0.2, -0.15) is 0 Å². The number of carbonyl (C=O) groups is 1. The van der Waals surface area contributed by atoms with Gasteiger partial charge in [-0.05, 0) is 25.3 Å². The van der Waals surface area contributed by atoms with E-state index < -0.39 is 24.1 Å². The summed E-state index contributed by atoms with van der Waals surface area (Å²) in [5.74, 6) is -1.77. The topological polar surface area (TPSA) is 69.6 Å². The summed E-state index contributed by atoms with van der Waals surface area (Å²) in [5, 5.41) is 20.6. The molecule has 100 valence electrons. The van der Waals surface area contributed by atoms with Crippen LogP contribution in [0.1, 0.15) is 18.9 Å². The molecule has 3 unspecified atom stereocenters. The molecule has 0 saturated carbocycles. The van der Waals surface area contributed by atoms with Crippen LogP contribution in [0.5, 0.6) is 0 Å². The van der Waals surface area contributed by atoms with Crippen molar-refractivity contribution in [3.63, 3.8) is 0 Å². The molecule has 0 radical (unpaired) electrons. The quantitative estimate of drug-likeness (QED) is 0.553. The summed E-state index contributed by atoms with van der Waals surface area (Å²) in [4.78, 5) is 11.1. The molecule has 0 spiro atoms. The largest absolute Gasteiger partial charge is 1.00 e. The molecular formula is C14H19NaO4. The molecule has 1 N–H and O–H groups in total. The van der Waals surface area contributed by atoms with E-state index in [0.29, 0.717) is 6.42 Å². The van der Waals surface area contributed by atoms with Gasteiger partial charge in [-0.15, -0.1) is 0 Å². The minimum atomic E-state index is -1.11. The fourth-order valence-electron chi connectivity index (χ4n) is 1.93. The van der Waals surface area contributed by atoms with Crippen molar-refractivity contribution in [2.24, 2.45) is 5.92 Å². The molecule has 0 aliphatic heterocycles. The summed E-state index contributed by atoms with van der Waals surface area (Å²) in [6, 6.07) is 9.36. The van der Waals surface area contributed by atoms with Gasteiger partial charge in [-0.3, -0.25) is 0 Å². The third-order valence-electron chi connectivity index (χ3n) is 3.02. The van der Waals surface area contributed by atoms with Gasteiger partial charge in [0.25, 0.3) is 0 Å². The molecule has 1 rings (SSSR count). The molecule has 0 amide bonds. The van der Waals surface area contributed by atoms with Gasteiger partial charge in [0, 0.05) is 19.0 Å². The maximum Gasteiger partial charge on any atom is 1.00 e. The summed E-state index contributed by atoms with van der Waals surface area (Å²) >= 11 is 0. The first-order chi connectivity index (χ1) is 8.54. The van der Waals surface area contributed by atoms with Crippen molar-refractivity contribution in [2.75, 3.05) is 7.11 Å². The Morgan fingerprint density at radius 2 is 1.95 bits per heavy atom. The molecule has 0 saturated heterocycles. The number of carboxylic acids is 1. The third-order valence-corrected chi connectivity index (χ3v) is 3.02. The van der Waals surface area contributed by atoms with Gasteiger partial charge in [-0.25, -0.2) is 0 Å². The molecule has 19 heavy (non-hydrogen) atoms. The second kappa shape index (κ2) is 9.50. The molecule has 1 aromatic rings. The number of aliphatic carboxylic acids is 1. The van der Waals surface area contributed by atoms with Crippen molar-refractivity contribution in [3.8, 4) is 0 Å². The predicted octanol–water partition coefficient (Wildman–Crippen LogP) is -2.61. The normalized spacial score (nSPS) is 15.1. The van der Waals surface area contributed by atoms with E-state index in [4.69, 9.17) is 4.74 Å². The molecule has 1 aromatic carbocycles. The average molecular weight is 274 g/mol. The molecule has 0 aliphatic rings. The summed E-state index contributed by atoms with van der Waals surface area (Å²) < 4.78 is 5.09. The average Bonchev–Trinajstić information content (AvgIpc) is 2.34. The number of ether oxygens (including phenoxy) is 1.